The van der Waals surface area contributed by atoms with Crippen LogP contribution in [0.1, 0.15) is 39.0 Å². The van der Waals surface area contributed by atoms with Crippen LogP contribution in [-0.2, 0) is 6.54 Å². The van der Waals surface area contributed by atoms with Gasteiger partial charge in [-0.25, -0.2) is 4.98 Å². The molecule has 0 aromatic carbocycles. The third kappa shape index (κ3) is 3.34. The molecule has 1 aliphatic carbocycles. The average Bonchev–Trinajstić information content (AvgIpc) is 2.85. The Hall–Kier alpha value is -0.830. The summed E-state index contributed by atoms with van der Waals surface area (Å²) in [5.41, 5.74) is 0.684. The summed E-state index contributed by atoms with van der Waals surface area (Å²) in [6, 6.07) is 0. The fourth-order valence-corrected chi connectivity index (χ4v) is 2.38. The molecule has 16 heavy (non-hydrogen) atoms. The van der Waals surface area contributed by atoms with Crippen LogP contribution in [0.25, 0.3) is 0 Å². The highest BCUT2D eigenvalue weighted by molar-refractivity contribution is 4.94. The predicted molar refractivity (Wildman–Crippen MR) is 66.3 cm³/mol. The first-order valence-electron chi connectivity index (χ1n) is 6.51. The van der Waals surface area contributed by atoms with Crippen molar-refractivity contribution in [1.29, 1.82) is 0 Å². The zero-order valence-electron chi connectivity index (χ0n) is 10.3. The molecule has 0 unspecified atom stereocenters. The molecule has 3 heteroatoms. The van der Waals surface area contributed by atoms with Crippen LogP contribution in [0.3, 0.4) is 0 Å². The van der Waals surface area contributed by atoms with Crippen LogP contribution in [0.15, 0.2) is 18.7 Å². The van der Waals surface area contributed by atoms with Gasteiger partial charge in [0.2, 0.25) is 0 Å². The van der Waals surface area contributed by atoms with E-state index in [9.17, 15) is 0 Å². The van der Waals surface area contributed by atoms with E-state index >= 15 is 0 Å². The molecule has 0 spiro atoms. The lowest BCUT2D eigenvalue weighted by Gasteiger charge is -2.14. The van der Waals surface area contributed by atoms with Crippen molar-refractivity contribution in [3.8, 4) is 0 Å². The fraction of sp³-hybridized carbons (Fsp3) is 0.769. The van der Waals surface area contributed by atoms with E-state index in [4.69, 9.17) is 0 Å². The molecule has 90 valence electrons. The number of hydrogen-bond acceptors (Lipinski definition) is 2. The molecule has 1 saturated carbocycles. The van der Waals surface area contributed by atoms with Gasteiger partial charge in [0.05, 0.1) is 6.33 Å². The van der Waals surface area contributed by atoms with E-state index in [1.165, 1.54) is 38.6 Å². The molecule has 0 amide bonds. The summed E-state index contributed by atoms with van der Waals surface area (Å²) in [5, 5.41) is 3.60. The van der Waals surface area contributed by atoms with Crippen molar-refractivity contribution in [2.75, 3.05) is 13.1 Å². The van der Waals surface area contributed by atoms with Crippen molar-refractivity contribution in [3.63, 3.8) is 0 Å². The lowest BCUT2D eigenvalue weighted by molar-refractivity contribution is 0.416. The summed E-state index contributed by atoms with van der Waals surface area (Å²) in [4.78, 5) is 4.04. The highest BCUT2D eigenvalue weighted by Gasteiger charge is 2.40. The summed E-state index contributed by atoms with van der Waals surface area (Å²) in [6.45, 7) is 5.72. The molecule has 0 atom stereocenters. The molecule has 1 aliphatic rings. The molecule has 1 N–H and O–H groups in total. The Morgan fingerprint density at radius 3 is 2.94 bits per heavy atom. The van der Waals surface area contributed by atoms with Crippen molar-refractivity contribution in [1.82, 2.24) is 14.9 Å². The molecule has 3 nitrogen and oxygen atoms in total. The number of aromatic nitrogens is 2. The summed E-state index contributed by atoms with van der Waals surface area (Å²) >= 11 is 0. The zero-order chi connectivity index (χ0) is 11.3. The normalized spacial score (nSPS) is 17.6. The summed E-state index contributed by atoms with van der Waals surface area (Å²) in [7, 11) is 0. The maximum Gasteiger partial charge on any atom is 0.0945 e. The number of hydrogen-bond donors (Lipinski definition) is 1. The van der Waals surface area contributed by atoms with Gasteiger partial charge in [-0.3, -0.25) is 0 Å². The van der Waals surface area contributed by atoms with Gasteiger partial charge in [0, 0.05) is 25.5 Å². The lowest BCUT2D eigenvalue weighted by Crippen LogP contribution is -2.25. The highest BCUT2D eigenvalue weighted by Crippen LogP contribution is 2.48. The minimum Gasteiger partial charge on any atom is -0.337 e. The second-order valence-corrected chi connectivity index (χ2v) is 5.08. The maximum absolute atomic E-state index is 4.04. The van der Waals surface area contributed by atoms with Crippen LogP contribution >= 0.6 is 0 Å². The van der Waals surface area contributed by atoms with Crippen LogP contribution < -0.4 is 5.32 Å². The number of rotatable bonds is 8. The van der Waals surface area contributed by atoms with E-state index in [0.717, 1.165) is 13.1 Å². The Morgan fingerprint density at radius 1 is 1.44 bits per heavy atom. The molecule has 2 rings (SSSR count). The largest absolute Gasteiger partial charge is 0.337 e. The predicted octanol–water partition coefficient (Wildman–Crippen LogP) is 2.44. The first-order chi connectivity index (χ1) is 7.85. The van der Waals surface area contributed by atoms with Gasteiger partial charge in [-0.15, -0.1) is 0 Å². The molecule has 0 radical (unpaired) electrons. The smallest absolute Gasteiger partial charge is 0.0945 e. The van der Waals surface area contributed by atoms with Gasteiger partial charge in [0.25, 0.3) is 0 Å². The molecule has 1 fully saturated rings. The zero-order valence-corrected chi connectivity index (χ0v) is 10.3. The van der Waals surface area contributed by atoms with Gasteiger partial charge in [-0.1, -0.05) is 13.3 Å². The van der Waals surface area contributed by atoms with E-state index < -0.39 is 0 Å². The summed E-state index contributed by atoms with van der Waals surface area (Å²) < 4.78 is 2.14. The second kappa shape index (κ2) is 5.48. The van der Waals surface area contributed by atoms with Crippen molar-refractivity contribution >= 4 is 0 Å². The molecule has 1 heterocycles. The van der Waals surface area contributed by atoms with Crippen molar-refractivity contribution in [2.45, 2.75) is 45.6 Å². The standard InChI is InChI=1S/C13H23N3/c1-2-4-13(5-6-13)11-14-7-3-9-16-10-8-15-12-16/h8,10,12,14H,2-7,9,11H2,1H3. The van der Waals surface area contributed by atoms with Gasteiger partial charge in [0.15, 0.2) is 0 Å². The number of nitrogens with one attached hydrogen (secondary N) is 1. The first kappa shape index (κ1) is 11.6. The van der Waals surface area contributed by atoms with Gasteiger partial charge < -0.3 is 9.88 Å². The molecule has 0 aliphatic heterocycles. The van der Waals surface area contributed by atoms with Crippen molar-refractivity contribution in [3.05, 3.63) is 18.7 Å². The van der Waals surface area contributed by atoms with Crippen LogP contribution in [0, 0.1) is 5.41 Å². The van der Waals surface area contributed by atoms with E-state index in [2.05, 4.69) is 21.8 Å². The number of imidazole rings is 1. The van der Waals surface area contributed by atoms with Crippen LogP contribution in [-0.4, -0.2) is 22.6 Å². The summed E-state index contributed by atoms with van der Waals surface area (Å²) in [6.07, 6.45) is 12.6. The molecular weight excluding hydrogens is 198 g/mol. The van der Waals surface area contributed by atoms with Crippen molar-refractivity contribution < 1.29 is 0 Å². The van der Waals surface area contributed by atoms with E-state index in [0.29, 0.717) is 5.41 Å². The maximum atomic E-state index is 4.04. The third-order valence-corrected chi connectivity index (χ3v) is 3.57. The third-order valence-electron chi connectivity index (χ3n) is 3.57. The monoisotopic (exact) mass is 221 g/mol. The minimum atomic E-state index is 0.684. The first-order valence-corrected chi connectivity index (χ1v) is 6.51. The molecule has 0 saturated heterocycles. The topological polar surface area (TPSA) is 29.9 Å². The van der Waals surface area contributed by atoms with Gasteiger partial charge in [0.1, 0.15) is 0 Å². The molecular formula is C13H23N3. The molecule has 1 aromatic rings. The SMILES string of the molecule is CCCC1(CNCCCn2ccnc2)CC1. The number of nitrogens with zero attached hydrogens (tertiary/aromatic N) is 2. The Labute approximate surface area is 98.3 Å². The van der Waals surface area contributed by atoms with Crippen LogP contribution in [0.4, 0.5) is 0 Å². The van der Waals surface area contributed by atoms with E-state index in [-0.39, 0.29) is 0 Å². The van der Waals surface area contributed by atoms with E-state index in [1.54, 1.807) is 0 Å². The average molecular weight is 221 g/mol. The Kier molecular flexibility index (Phi) is 3.99. The van der Waals surface area contributed by atoms with E-state index in [1.807, 2.05) is 18.7 Å². The van der Waals surface area contributed by atoms with Crippen LogP contribution in [0.5, 0.6) is 0 Å². The van der Waals surface area contributed by atoms with Gasteiger partial charge in [-0.05, 0) is 37.6 Å². The fourth-order valence-electron chi connectivity index (χ4n) is 2.38. The number of aryl methyl sites for hydroxylation is 1. The molecule has 1 aromatic heterocycles. The molecule has 0 bridgehead atoms. The lowest BCUT2D eigenvalue weighted by atomic mass is 10.0. The van der Waals surface area contributed by atoms with Gasteiger partial charge >= 0.3 is 0 Å². The quantitative estimate of drug-likeness (QED) is 0.683. The summed E-state index contributed by atoms with van der Waals surface area (Å²) in [5.74, 6) is 0. The van der Waals surface area contributed by atoms with Crippen LogP contribution in [0.2, 0.25) is 0 Å². The second-order valence-electron chi connectivity index (χ2n) is 5.08. The Morgan fingerprint density at radius 2 is 2.31 bits per heavy atom. The highest BCUT2D eigenvalue weighted by atomic mass is 15.0. The Bertz CT molecular complexity index is 288. The minimum absolute atomic E-state index is 0.684. The van der Waals surface area contributed by atoms with Crippen molar-refractivity contribution in [2.24, 2.45) is 5.41 Å². The van der Waals surface area contributed by atoms with Gasteiger partial charge in [-0.2, -0.15) is 0 Å². The Balaban J connectivity index is 1.52.